The van der Waals surface area contributed by atoms with Gasteiger partial charge in [-0.15, -0.1) is 0 Å². The van der Waals surface area contributed by atoms with E-state index in [1.165, 1.54) is 44.1 Å². The summed E-state index contributed by atoms with van der Waals surface area (Å²) in [5.41, 5.74) is 2.65. The Labute approximate surface area is 117 Å². The van der Waals surface area contributed by atoms with Gasteiger partial charge in [0, 0.05) is 0 Å². The van der Waals surface area contributed by atoms with Gasteiger partial charge in [-0.3, -0.25) is 0 Å². The summed E-state index contributed by atoms with van der Waals surface area (Å²) in [6.07, 6.45) is 8.51. The molecule has 1 aromatic rings. The average molecular weight is 252 g/mol. The van der Waals surface area contributed by atoms with E-state index in [2.05, 4.69) is 12.1 Å². The Morgan fingerprint density at radius 1 is 1.05 bits per heavy atom. The summed E-state index contributed by atoms with van der Waals surface area (Å²) in [6.45, 7) is 0. The second-order valence-electron chi connectivity index (χ2n) is 7.16. The van der Waals surface area contributed by atoms with Crippen molar-refractivity contribution in [2.24, 2.45) is 17.8 Å². The Kier molecular flexibility index (Phi) is 2.52. The molecule has 4 saturated carbocycles. The number of benzene rings is 1. The summed E-state index contributed by atoms with van der Waals surface area (Å²) in [5, 5.41) is 0. The Balaban J connectivity index is 1.81. The zero-order valence-corrected chi connectivity index (χ0v) is 11.7. The number of methoxy groups -OCH3 is 1. The van der Waals surface area contributed by atoms with Crippen LogP contribution in [-0.4, -0.2) is 15.0 Å². The van der Waals surface area contributed by atoms with Crippen LogP contribution in [-0.2, 0) is 5.41 Å². The number of hydrogen-bond acceptors (Lipinski definition) is 1. The first-order valence-corrected chi connectivity index (χ1v) is 7.62. The van der Waals surface area contributed by atoms with Gasteiger partial charge < -0.3 is 4.74 Å². The van der Waals surface area contributed by atoms with Crippen LogP contribution in [0.15, 0.2) is 18.2 Å². The molecule has 5 rings (SSSR count). The van der Waals surface area contributed by atoms with Crippen LogP contribution < -0.4 is 10.2 Å². The molecule has 0 aromatic heterocycles. The molecule has 0 amide bonds. The van der Waals surface area contributed by atoms with E-state index in [0.29, 0.717) is 5.41 Å². The molecule has 0 spiro atoms. The van der Waals surface area contributed by atoms with E-state index < -0.39 is 0 Å². The molecular formula is C17H21BO. The van der Waals surface area contributed by atoms with Gasteiger partial charge in [-0.25, -0.2) is 0 Å². The van der Waals surface area contributed by atoms with Gasteiger partial charge in [0.15, 0.2) is 0 Å². The molecule has 0 saturated heterocycles. The highest BCUT2D eigenvalue weighted by atomic mass is 16.5. The second-order valence-corrected chi connectivity index (χ2v) is 7.16. The monoisotopic (exact) mass is 252 g/mol. The Morgan fingerprint density at radius 2 is 1.63 bits per heavy atom. The van der Waals surface area contributed by atoms with Crippen LogP contribution in [0.25, 0.3) is 0 Å². The van der Waals surface area contributed by atoms with Crippen molar-refractivity contribution in [2.45, 2.75) is 43.9 Å². The molecule has 0 aliphatic heterocycles. The van der Waals surface area contributed by atoms with E-state index >= 15 is 0 Å². The van der Waals surface area contributed by atoms with Gasteiger partial charge in [-0.2, -0.15) is 0 Å². The molecule has 1 nitrogen and oxygen atoms in total. The first kappa shape index (κ1) is 11.9. The summed E-state index contributed by atoms with van der Waals surface area (Å²) < 4.78 is 5.63. The van der Waals surface area contributed by atoms with Crippen LogP contribution in [0.1, 0.15) is 44.1 Å². The third-order valence-electron chi connectivity index (χ3n) is 5.83. The highest BCUT2D eigenvalue weighted by Crippen LogP contribution is 2.61. The minimum atomic E-state index is 0.371. The van der Waals surface area contributed by atoms with Gasteiger partial charge in [-0.1, -0.05) is 17.6 Å². The average Bonchev–Trinajstić information content (AvgIpc) is 2.37. The van der Waals surface area contributed by atoms with E-state index in [1.807, 2.05) is 6.07 Å². The fraction of sp³-hybridized carbons (Fsp3) is 0.647. The number of rotatable bonds is 2. The molecule has 4 aliphatic rings. The molecule has 0 heterocycles. The van der Waals surface area contributed by atoms with E-state index in [9.17, 15) is 0 Å². The Bertz CT molecular complexity index is 473. The lowest BCUT2D eigenvalue weighted by Gasteiger charge is -2.57. The van der Waals surface area contributed by atoms with Crippen LogP contribution in [0.5, 0.6) is 5.75 Å². The third-order valence-corrected chi connectivity index (χ3v) is 5.83. The minimum absolute atomic E-state index is 0.371. The predicted octanol–water partition coefficient (Wildman–Crippen LogP) is 2.96. The number of hydrogen-bond donors (Lipinski definition) is 0. The molecular weight excluding hydrogens is 231 g/mol. The van der Waals surface area contributed by atoms with Crippen LogP contribution in [0.2, 0.25) is 0 Å². The van der Waals surface area contributed by atoms with E-state index in [0.717, 1.165) is 29.0 Å². The number of ether oxygens (including phenoxy) is 1. The summed E-state index contributed by atoms with van der Waals surface area (Å²) in [7, 11) is 7.83. The van der Waals surface area contributed by atoms with Crippen molar-refractivity contribution in [1.29, 1.82) is 0 Å². The SMILES string of the molecule is [B]c1ccc(OC)c(C23CC4CC(CC(C4)C2)C3)c1. The van der Waals surface area contributed by atoms with Crippen molar-refractivity contribution < 1.29 is 4.74 Å². The zero-order chi connectivity index (χ0) is 13.0. The van der Waals surface area contributed by atoms with Gasteiger partial charge in [0.1, 0.15) is 13.6 Å². The largest absolute Gasteiger partial charge is 0.496 e. The van der Waals surface area contributed by atoms with Gasteiger partial charge in [0.05, 0.1) is 7.11 Å². The maximum atomic E-state index is 6.05. The quantitative estimate of drug-likeness (QED) is 0.735. The second kappa shape index (κ2) is 4.04. The van der Waals surface area contributed by atoms with Crippen LogP contribution in [0, 0.1) is 17.8 Å². The summed E-state index contributed by atoms with van der Waals surface area (Å²) in [6, 6.07) is 6.21. The highest BCUT2D eigenvalue weighted by molar-refractivity contribution is 6.32. The molecule has 2 radical (unpaired) electrons. The maximum Gasteiger partial charge on any atom is 0.122 e. The van der Waals surface area contributed by atoms with E-state index in [1.54, 1.807) is 7.11 Å². The summed E-state index contributed by atoms with van der Waals surface area (Å²) in [4.78, 5) is 0. The van der Waals surface area contributed by atoms with Crippen molar-refractivity contribution in [3.8, 4) is 5.75 Å². The van der Waals surface area contributed by atoms with Crippen molar-refractivity contribution in [2.75, 3.05) is 7.11 Å². The van der Waals surface area contributed by atoms with Crippen LogP contribution in [0.3, 0.4) is 0 Å². The van der Waals surface area contributed by atoms with Crippen molar-refractivity contribution in [1.82, 2.24) is 0 Å². The topological polar surface area (TPSA) is 9.23 Å². The molecule has 2 heteroatoms. The Morgan fingerprint density at radius 3 is 2.16 bits per heavy atom. The minimum Gasteiger partial charge on any atom is -0.496 e. The fourth-order valence-electron chi connectivity index (χ4n) is 5.58. The molecule has 19 heavy (non-hydrogen) atoms. The van der Waals surface area contributed by atoms with Crippen molar-refractivity contribution in [3.63, 3.8) is 0 Å². The predicted molar refractivity (Wildman–Crippen MR) is 78.2 cm³/mol. The third kappa shape index (κ3) is 1.75. The van der Waals surface area contributed by atoms with Crippen molar-refractivity contribution >= 4 is 13.3 Å². The van der Waals surface area contributed by atoms with Crippen LogP contribution >= 0.6 is 0 Å². The normalized spacial score (nSPS) is 39.5. The Hall–Kier alpha value is -0.915. The molecule has 1 aromatic carbocycles. The first-order chi connectivity index (χ1) is 9.18. The fourth-order valence-corrected chi connectivity index (χ4v) is 5.58. The standard InChI is InChI=1S/C17H21BO/c1-19-16-3-2-14(18)7-15(16)17-8-11-4-12(9-17)6-13(5-11)10-17/h2-3,7,11-13H,4-6,8-10H2,1H3. The van der Waals surface area contributed by atoms with Gasteiger partial charge >= 0.3 is 0 Å². The van der Waals surface area contributed by atoms with Crippen molar-refractivity contribution in [3.05, 3.63) is 23.8 Å². The lowest BCUT2D eigenvalue weighted by atomic mass is 9.48. The molecule has 4 bridgehead atoms. The molecule has 98 valence electrons. The zero-order valence-electron chi connectivity index (χ0n) is 11.7. The smallest absolute Gasteiger partial charge is 0.122 e. The van der Waals surface area contributed by atoms with Gasteiger partial charge in [0.2, 0.25) is 0 Å². The lowest BCUT2D eigenvalue weighted by Crippen LogP contribution is -2.48. The first-order valence-electron chi connectivity index (χ1n) is 7.62. The molecule has 0 unspecified atom stereocenters. The lowest BCUT2D eigenvalue weighted by molar-refractivity contribution is -0.00611. The molecule has 4 aliphatic carbocycles. The maximum absolute atomic E-state index is 6.05. The van der Waals surface area contributed by atoms with Crippen LogP contribution in [0.4, 0.5) is 0 Å². The van der Waals surface area contributed by atoms with E-state index in [4.69, 9.17) is 12.6 Å². The van der Waals surface area contributed by atoms with E-state index in [-0.39, 0.29) is 0 Å². The summed E-state index contributed by atoms with van der Waals surface area (Å²) >= 11 is 0. The molecule has 4 fully saturated rings. The molecule has 0 atom stereocenters. The molecule has 0 N–H and O–H groups in total. The van der Waals surface area contributed by atoms with Gasteiger partial charge in [0.25, 0.3) is 0 Å². The van der Waals surface area contributed by atoms with Gasteiger partial charge in [-0.05, 0) is 73.3 Å². The highest BCUT2D eigenvalue weighted by Gasteiger charge is 2.52. The summed E-state index contributed by atoms with van der Waals surface area (Å²) in [5.74, 6) is 3.92.